The number of unbranched alkanes of at least 4 members (excludes halogenated alkanes) is 7. The average molecular weight is 304 g/mol. The third-order valence-corrected chi connectivity index (χ3v) is 4.02. The third-order valence-electron chi connectivity index (χ3n) is 4.02. The van der Waals surface area contributed by atoms with Crippen molar-refractivity contribution in [3.63, 3.8) is 0 Å². The number of oxime groups is 1. The van der Waals surface area contributed by atoms with E-state index in [0.29, 0.717) is 5.92 Å². The highest BCUT2D eigenvalue weighted by Gasteiger charge is 1.99. The van der Waals surface area contributed by atoms with Gasteiger partial charge >= 0.3 is 0 Å². The molecule has 0 saturated carbocycles. The summed E-state index contributed by atoms with van der Waals surface area (Å²) in [5.74, 6) is 0.535. The van der Waals surface area contributed by atoms with E-state index in [1.54, 1.807) is 7.11 Å². The largest absolute Gasteiger partial charge is 0.399 e. The van der Waals surface area contributed by atoms with Crippen LogP contribution in [0.3, 0.4) is 0 Å². The van der Waals surface area contributed by atoms with Crippen LogP contribution in [-0.2, 0) is 11.3 Å². The van der Waals surface area contributed by atoms with Crippen LogP contribution in [0.25, 0.3) is 0 Å². The predicted octanol–water partition coefficient (Wildman–Crippen LogP) is 5.40. The van der Waals surface area contributed by atoms with Gasteiger partial charge < -0.3 is 4.84 Å². The van der Waals surface area contributed by atoms with Crippen molar-refractivity contribution < 1.29 is 4.84 Å². The van der Waals surface area contributed by atoms with Crippen molar-refractivity contribution in [1.82, 2.24) is 4.98 Å². The lowest BCUT2D eigenvalue weighted by atomic mass is 10.0. The van der Waals surface area contributed by atoms with Gasteiger partial charge in [-0.3, -0.25) is 4.98 Å². The Morgan fingerprint density at radius 1 is 1.09 bits per heavy atom. The zero-order valence-electron chi connectivity index (χ0n) is 14.3. The van der Waals surface area contributed by atoms with Gasteiger partial charge in [0.2, 0.25) is 0 Å². The molecule has 124 valence electrons. The van der Waals surface area contributed by atoms with E-state index in [0.717, 1.165) is 0 Å². The van der Waals surface area contributed by atoms with Gasteiger partial charge in [-0.1, -0.05) is 63.1 Å². The minimum Gasteiger partial charge on any atom is -0.399 e. The van der Waals surface area contributed by atoms with Crippen LogP contribution in [0.2, 0.25) is 0 Å². The Hall–Kier alpha value is -1.38. The van der Waals surface area contributed by atoms with Crippen LogP contribution in [0.5, 0.6) is 0 Å². The summed E-state index contributed by atoms with van der Waals surface area (Å²) in [6.07, 6.45) is 18.9. The second-order valence-corrected chi connectivity index (χ2v) is 6.14. The molecule has 3 nitrogen and oxygen atoms in total. The van der Waals surface area contributed by atoms with Gasteiger partial charge in [-0.05, 0) is 36.8 Å². The van der Waals surface area contributed by atoms with Crippen LogP contribution in [-0.4, -0.2) is 18.3 Å². The summed E-state index contributed by atoms with van der Waals surface area (Å²) < 4.78 is 0. The Labute approximate surface area is 136 Å². The van der Waals surface area contributed by atoms with Gasteiger partial charge in [-0.15, -0.1) is 0 Å². The zero-order valence-corrected chi connectivity index (χ0v) is 14.3. The molecular weight excluding hydrogens is 272 g/mol. The number of hydrogen-bond donors (Lipinski definition) is 0. The molecule has 0 aromatic carbocycles. The first-order valence-corrected chi connectivity index (χ1v) is 8.78. The van der Waals surface area contributed by atoms with E-state index in [9.17, 15) is 0 Å². The smallest absolute Gasteiger partial charge is 0.106 e. The van der Waals surface area contributed by atoms with E-state index in [2.05, 4.69) is 23.1 Å². The van der Waals surface area contributed by atoms with Gasteiger partial charge in [0.1, 0.15) is 7.11 Å². The molecule has 0 fully saturated rings. The number of nitrogens with zero attached hydrogens (tertiary/aromatic N) is 2. The van der Waals surface area contributed by atoms with Crippen molar-refractivity contribution in [2.24, 2.45) is 11.1 Å². The number of aromatic nitrogens is 1. The summed E-state index contributed by atoms with van der Waals surface area (Å²) in [6.45, 7) is 2.20. The summed E-state index contributed by atoms with van der Waals surface area (Å²) in [6, 6.07) is 4.20. The highest BCUT2D eigenvalue weighted by atomic mass is 16.6. The number of pyridine rings is 1. The van der Waals surface area contributed by atoms with E-state index < -0.39 is 0 Å². The van der Waals surface area contributed by atoms with Gasteiger partial charge in [-0.2, -0.15) is 0 Å². The minimum atomic E-state index is 0.535. The number of hydrogen-bond acceptors (Lipinski definition) is 3. The molecule has 0 amide bonds. The first-order valence-electron chi connectivity index (χ1n) is 8.78. The molecule has 0 bridgehead atoms. The maximum absolute atomic E-state index is 4.70. The molecule has 1 rings (SSSR count). The van der Waals surface area contributed by atoms with Crippen LogP contribution >= 0.6 is 0 Å². The Bertz CT molecular complexity index is 378. The van der Waals surface area contributed by atoms with Crippen molar-refractivity contribution in [2.45, 2.75) is 71.1 Å². The van der Waals surface area contributed by atoms with Crippen LogP contribution in [0.4, 0.5) is 0 Å². The number of rotatable bonds is 13. The Balaban J connectivity index is 1.83. The van der Waals surface area contributed by atoms with Crippen molar-refractivity contribution in [2.75, 3.05) is 7.11 Å². The SMILES string of the molecule is CO/N=C/[C@@H](C)CCCCCCCCCCc1cccnc1. The maximum Gasteiger partial charge on any atom is 0.106 e. The summed E-state index contributed by atoms with van der Waals surface area (Å²) >= 11 is 0. The quantitative estimate of drug-likeness (QED) is 0.278. The standard InChI is InChI=1S/C19H32N2O/c1-18(16-21-22-2)12-9-7-5-3-4-6-8-10-13-19-14-11-15-20-17-19/h11,14-18H,3-10,12-13H2,1-2H3/b21-16+/t18-/m0/s1. The fourth-order valence-corrected chi connectivity index (χ4v) is 2.64. The molecule has 1 heterocycles. The van der Waals surface area contributed by atoms with Crippen molar-refractivity contribution in [1.29, 1.82) is 0 Å². The molecule has 22 heavy (non-hydrogen) atoms. The van der Waals surface area contributed by atoms with Gasteiger partial charge in [-0.25, -0.2) is 0 Å². The molecule has 0 N–H and O–H groups in total. The predicted molar refractivity (Wildman–Crippen MR) is 94.2 cm³/mol. The maximum atomic E-state index is 4.70. The summed E-state index contributed by atoms with van der Waals surface area (Å²) in [5, 5.41) is 3.82. The van der Waals surface area contributed by atoms with Crippen LogP contribution in [0.15, 0.2) is 29.7 Å². The van der Waals surface area contributed by atoms with Crippen molar-refractivity contribution in [3.8, 4) is 0 Å². The Morgan fingerprint density at radius 2 is 1.77 bits per heavy atom. The Morgan fingerprint density at radius 3 is 2.41 bits per heavy atom. The van der Waals surface area contributed by atoms with Crippen LogP contribution in [0, 0.1) is 5.92 Å². The molecule has 3 heteroatoms. The lowest BCUT2D eigenvalue weighted by molar-refractivity contribution is 0.213. The fraction of sp³-hybridized carbons (Fsp3) is 0.684. The van der Waals surface area contributed by atoms with Crippen molar-refractivity contribution in [3.05, 3.63) is 30.1 Å². The summed E-state index contributed by atoms with van der Waals surface area (Å²) in [4.78, 5) is 8.85. The first-order chi connectivity index (χ1) is 10.8. The Kier molecular flexibility index (Phi) is 11.3. The topological polar surface area (TPSA) is 34.5 Å². The van der Waals surface area contributed by atoms with E-state index >= 15 is 0 Å². The average Bonchev–Trinajstić information content (AvgIpc) is 2.55. The van der Waals surface area contributed by atoms with Gasteiger partial charge in [0.05, 0.1) is 0 Å². The van der Waals surface area contributed by atoms with E-state index in [4.69, 9.17) is 4.84 Å². The molecule has 1 atom stereocenters. The molecular formula is C19H32N2O. The molecule has 0 spiro atoms. The molecule has 0 aliphatic rings. The second kappa shape index (κ2) is 13.3. The summed E-state index contributed by atoms with van der Waals surface area (Å²) in [7, 11) is 1.60. The lowest BCUT2D eigenvalue weighted by Gasteiger charge is -2.05. The third kappa shape index (κ3) is 10.4. The van der Waals surface area contributed by atoms with Crippen molar-refractivity contribution >= 4 is 6.21 Å². The second-order valence-electron chi connectivity index (χ2n) is 6.14. The molecule has 0 unspecified atom stereocenters. The monoisotopic (exact) mass is 304 g/mol. The van der Waals surface area contributed by atoms with Gasteiger partial charge in [0.15, 0.2) is 0 Å². The molecule has 0 aliphatic carbocycles. The molecule has 1 aromatic heterocycles. The van der Waals surface area contributed by atoms with Crippen LogP contribution in [0.1, 0.15) is 70.3 Å². The molecule has 0 radical (unpaired) electrons. The van der Waals surface area contributed by atoms with Crippen LogP contribution < -0.4 is 0 Å². The molecule has 0 aliphatic heterocycles. The summed E-state index contributed by atoms with van der Waals surface area (Å²) in [5.41, 5.74) is 1.37. The van der Waals surface area contributed by atoms with Gasteiger partial charge in [0, 0.05) is 18.6 Å². The highest BCUT2D eigenvalue weighted by molar-refractivity contribution is 5.59. The molecule has 0 saturated heterocycles. The van der Waals surface area contributed by atoms with E-state index in [1.165, 1.54) is 69.8 Å². The number of aryl methyl sites for hydroxylation is 1. The van der Waals surface area contributed by atoms with E-state index in [-0.39, 0.29) is 0 Å². The normalized spacial score (nSPS) is 12.6. The first kappa shape index (κ1) is 18.7. The molecule has 1 aromatic rings. The van der Waals surface area contributed by atoms with E-state index in [1.807, 2.05) is 24.7 Å². The lowest BCUT2D eigenvalue weighted by Crippen LogP contribution is -1.96. The minimum absolute atomic E-state index is 0.535. The fourth-order valence-electron chi connectivity index (χ4n) is 2.64. The zero-order chi connectivity index (χ0) is 15.9. The highest BCUT2D eigenvalue weighted by Crippen LogP contribution is 2.13. The van der Waals surface area contributed by atoms with Gasteiger partial charge in [0.25, 0.3) is 0 Å².